The summed E-state index contributed by atoms with van der Waals surface area (Å²) in [6, 6.07) is 1.73. The van der Waals surface area contributed by atoms with Gasteiger partial charge in [-0.05, 0) is 92.3 Å². The molecule has 1 aromatic rings. The lowest BCUT2D eigenvalue weighted by Gasteiger charge is -2.13. The molecule has 9 nitrogen and oxygen atoms in total. The fourth-order valence-corrected chi connectivity index (χ4v) is 3.59. The number of ether oxygens (including phenoxy) is 1. The van der Waals surface area contributed by atoms with E-state index >= 15 is 0 Å². The maximum absolute atomic E-state index is 12.0. The predicted molar refractivity (Wildman–Crippen MR) is 123 cm³/mol. The number of methoxy groups -OCH3 is 1. The van der Waals surface area contributed by atoms with Gasteiger partial charge in [0.05, 0.1) is 9.08 Å². The maximum atomic E-state index is 12.0. The number of unbranched alkanes of at least 4 members (excludes halogenated alkanes) is 1. The summed E-state index contributed by atoms with van der Waals surface area (Å²) in [7, 11) is 1.38. The summed E-state index contributed by atoms with van der Waals surface area (Å²) < 4.78 is 5.31. The Bertz CT molecular complexity index is 794. The lowest BCUT2D eigenvalue weighted by atomic mass is 10.3. The SMILES string of the molecule is COC1(Br)C=C(C(=O)NCCCNCCCCNC(=O)c2cc(Br)c(Br)[nH]2)NC1=O. The molecule has 1 atom stereocenters. The van der Waals surface area contributed by atoms with E-state index in [-0.39, 0.29) is 17.5 Å². The highest BCUT2D eigenvalue weighted by Gasteiger charge is 2.41. The Morgan fingerprint density at radius 1 is 1.07 bits per heavy atom. The highest BCUT2D eigenvalue weighted by molar-refractivity contribution is 9.13. The van der Waals surface area contributed by atoms with Gasteiger partial charge in [0.15, 0.2) is 0 Å². The van der Waals surface area contributed by atoms with Gasteiger partial charge in [0.2, 0.25) is 4.51 Å². The zero-order valence-electron chi connectivity index (χ0n) is 16.4. The van der Waals surface area contributed by atoms with Crippen LogP contribution >= 0.6 is 47.8 Å². The molecular weight excluding hydrogens is 590 g/mol. The molecule has 1 unspecified atom stereocenters. The van der Waals surface area contributed by atoms with E-state index in [4.69, 9.17) is 4.74 Å². The molecule has 0 saturated carbocycles. The van der Waals surface area contributed by atoms with Gasteiger partial charge < -0.3 is 31.0 Å². The minimum atomic E-state index is -1.28. The lowest BCUT2D eigenvalue weighted by molar-refractivity contribution is -0.129. The van der Waals surface area contributed by atoms with Crippen LogP contribution in [0.3, 0.4) is 0 Å². The molecule has 166 valence electrons. The van der Waals surface area contributed by atoms with Crippen LogP contribution < -0.4 is 21.3 Å². The molecule has 0 bridgehead atoms. The monoisotopic (exact) mass is 611 g/mol. The number of aromatic amines is 1. The molecule has 1 aliphatic rings. The molecule has 3 amide bonds. The van der Waals surface area contributed by atoms with Gasteiger partial charge in [-0.25, -0.2) is 0 Å². The quantitative estimate of drug-likeness (QED) is 0.182. The summed E-state index contributed by atoms with van der Waals surface area (Å²) in [4.78, 5) is 38.7. The molecule has 0 aromatic carbocycles. The van der Waals surface area contributed by atoms with Crippen LogP contribution in [0.4, 0.5) is 0 Å². The summed E-state index contributed by atoms with van der Waals surface area (Å²) in [6.07, 6.45) is 3.95. The number of alkyl halides is 1. The number of rotatable bonds is 12. The topological polar surface area (TPSA) is 124 Å². The van der Waals surface area contributed by atoms with Gasteiger partial charge in [-0.3, -0.25) is 14.4 Å². The second kappa shape index (κ2) is 12.0. The number of halogens is 3. The Morgan fingerprint density at radius 2 is 1.70 bits per heavy atom. The number of carbonyl (C=O) groups excluding carboxylic acids is 3. The molecular formula is C18H24Br3N5O4. The van der Waals surface area contributed by atoms with E-state index in [9.17, 15) is 14.4 Å². The van der Waals surface area contributed by atoms with Crippen LogP contribution in [-0.4, -0.2) is 60.5 Å². The fraction of sp³-hybridized carbons (Fsp3) is 0.500. The van der Waals surface area contributed by atoms with Gasteiger partial charge in [-0.2, -0.15) is 0 Å². The Kier molecular flexibility index (Phi) is 10.0. The van der Waals surface area contributed by atoms with Crippen molar-refractivity contribution < 1.29 is 19.1 Å². The van der Waals surface area contributed by atoms with Crippen LogP contribution in [0.5, 0.6) is 0 Å². The van der Waals surface area contributed by atoms with Crippen LogP contribution in [0.1, 0.15) is 29.8 Å². The van der Waals surface area contributed by atoms with Crippen molar-refractivity contribution in [3.8, 4) is 0 Å². The van der Waals surface area contributed by atoms with Crippen molar-refractivity contribution in [3.05, 3.63) is 32.6 Å². The zero-order valence-corrected chi connectivity index (χ0v) is 21.1. The Morgan fingerprint density at radius 3 is 2.33 bits per heavy atom. The zero-order chi connectivity index (χ0) is 22.1. The molecule has 0 spiro atoms. The number of amides is 3. The first-order chi connectivity index (χ1) is 14.3. The van der Waals surface area contributed by atoms with Crippen LogP contribution in [-0.2, 0) is 14.3 Å². The van der Waals surface area contributed by atoms with Gasteiger partial charge in [-0.1, -0.05) is 0 Å². The highest BCUT2D eigenvalue weighted by Crippen LogP contribution is 2.27. The van der Waals surface area contributed by atoms with Crippen LogP contribution in [0.2, 0.25) is 0 Å². The number of carbonyl (C=O) groups is 3. The summed E-state index contributed by atoms with van der Waals surface area (Å²) in [5.74, 6) is -0.915. The number of H-pyrrole nitrogens is 1. The van der Waals surface area contributed by atoms with Crippen molar-refractivity contribution in [1.29, 1.82) is 0 Å². The molecule has 1 aromatic heterocycles. The Labute approximate surface area is 199 Å². The van der Waals surface area contributed by atoms with Gasteiger partial charge in [0.25, 0.3) is 17.7 Å². The van der Waals surface area contributed by atoms with Gasteiger partial charge in [0, 0.05) is 20.2 Å². The number of hydrogen-bond acceptors (Lipinski definition) is 5. The van der Waals surface area contributed by atoms with Crippen molar-refractivity contribution in [2.45, 2.75) is 23.8 Å². The molecule has 0 fully saturated rings. The van der Waals surface area contributed by atoms with Gasteiger partial charge >= 0.3 is 0 Å². The fourth-order valence-electron chi connectivity index (χ4n) is 2.60. The van der Waals surface area contributed by atoms with Crippen LogP contribution in [0, 0.1) is 0 Å². The standard InChI is InChI=1S/C18H24Br3N5O4/c1-30-18(21)10-13(26-17(18)29)16(28)24-8-4-6-22-5-2-3-7-23-15(27)12-9-11(19)14(20)25-12/h9-10,22,25H,2-8H2,1H3,(H,23,27)(H,24,28)(H,26,29). The maximum Gasteiger partial charge on any atom is 0.272 e. The number of hydrogen-bond donors (Lipinski definition) is 5. The number of nitrogens with one attached hydrogen (secondary N) is 5. The van der Waals surface area contributed by atoms with E-state index in [0.29, 0.717) is 18.8 Å². The molecule has 0 aliphatic carbocycles. The number of aromatic nitrogens is 1. The lowest BCUT2D eigenvalue weighted by Crippen LogP contribution is -2.37. The van der Waals surface area contributed by atoms with Gasteiger partial charge in [-0.15, -0.1) is 0 Å². The smallest absolute Gasteiger partial charge is 0.272 e. The largest absolute Gasteiger partial charge is 0.355 e. The predicted octanol–water partition coefficient (Wildman–Crippen LogP) is 1.90. The van der Waals surface area contributed by atoms with Crippen LogP contribution in [0.15, 0.2) is 26.9 Å². The molecule has 12 heteroatoms. The summed E-state index contributed by atoms with van der Waals surface area (Å²) in [6.45, 7) is 2.66. The van der Waals surface area contributed by atoms with Crippen molar-refractivity contribution in [1.82, 2.24) is 26.3 Å². The van der Waals surface area contributed by atoms with Crippen molar-refractivity contribution in [3.63, 3.8) is 0 Å². The molecule has 5 N–H and O–H groups in total. The normalized spacial score (nSPS) is 18.1. The second-order valence-corrected chi connectivity index (χ2v) is 9.35. The molecule has 30 heavy (non-hydrogen) atoms. The average molecular weight is 614 g/mol. The molecule has 2 heterocycles. The molecule has 2 rings (SSSR count). The minimum absolute atomic E-state index is 0.138. The van der Waals surface area contributed by atoms with Gasteiger partial charge in [0.1, 0.15) is 11.4 Å². The van der Waals surface area contributed by atoms with Crippen LogP contribution in [0.25, 0.3) is 0 Å². The van der Waals surface area contributed by atoms with Crippen molar-refractivity contribution in [2.24, 2.45) is 0 Å². The Hall–Kier alpha value is -1.21. The molecule has 1 aliphatic heterocycles. The average Bonchev–Trinajstić information content (AvgIpc) is 3.22. The summed E-state index contributed by atoms with van der Waals surface area (Å²) in [5.41, 5.74) is 0.679. The molecule has 0 saturated heterocycles. The third kappa shape index (κ3) is 7.19. The van der Waals surface area contributed by atoms with Crippen molar-refractivity contribution in [2.75, 3.05) is 33.3 Å². The third-order valence-corrected chi connectivity index (χ3v) is 6.98. The van der Waals surface area contributed by atoms with E-state index in [2.05, 4.69) is 74.0 Å². The van der Waals surface area contributed by atoms with E-state index in [1.807, 2.05) is 0 Å². The first-order valence-corrected chi connectivity index (χ1v) is 11.7. The summed E-state index contributed by atoms with van der Waals surface area (Å²) >= 11 is 9.78. The second-order valence-electron chi connectivity index (χ2n) is 6.53. The van der Waals surface area contributed by atoms with E-state index in [1.54, 1.807) is 6.07 Å². The highest BCUT2D eigenvalue weighted by atomic mass is 79.9. The summed E-state index contributed by atoms with van der Waals surface area (Å²) in [5, 5.41) is 11.4. The van der Waals surface area contributed by atoms with E-state index in [0.717, 1.165) is 41.4 Å². The van der Waals surface area contributed by atoms with E-state index in [1.165, 1.54) is 13.2 Å². The first-order valence-electron chi connectivity index (χ1n) is 9.36. The minimum Gasteiger partial charge on any atom is -0.355 e. The third-order valence-electron chi connectivity index (χ3n) is 4.28. The van der Waals surface area contributed by atoms with Crippen molar-refractivity contribution >= 4 is 65.5 Å². The first kappa shape index (κ1) is 25.1. The molecule has 0 radical (unpaired) electrons. The Balaban J connectivity index is 1.48. The van der Waals surface area contributed by atoms with E-state index < -0.39 is 10.4 Å².